The number of fused-ring (bicyclic) bond motifs is 3. The maximum Gasteiger partial charge on any atom is 0.0675 e. The van der Waals surface area contributed by atoms with Gasteiger partial charge in [-0.25, -0.2) is 0 Å². The standard InChI is InChI=1S/C16H23NO/c1-3-16(18)7-9-17-8-6-13-5-4-12(2)10-14(13)15(17)11-16/h4-5,10,15,18H,3,6-9,11H2,1-2H3/t15-,16-/m1/s1. The summed E-state index contributed by atoms with van der Waals surface area (Å²) in [6.45, 7) is 6.46. The molecule has 1 aromatic rings. The fourth-order valence-electron chi connectivity index (χ4n) is 3.51. The molecule has 0 spiro atoms. The van der Waals surface area contributed by atoms with Crippen molar-refractivity contribution < 1.29 is 5.11 Å². The Morgan fingerprint density at radius 3 is 3.00 bits per heavy atom. The minimum Gasteiger partial charge on any atom is -0.390 e. The average Bonchev–Trinajstić information content (AvgIpc) is 2.39. The Morgan fingerprint density at radius 1 is 1.39 bits per heavy atom. The summed E-state index contributed by atoms with van der Waals surface area (Å²) in [6, 6.07) is 7.26. The fourth-order valence-corrected chi connectivity index (χ4v) is 3.51. The Labute approximate surface area is 110 Å². The van der Waals surface area contributed by atoms with Gasteiger partial charge in [-0.1, -0.05) is 30.7 Å². The Balaban J connectivity index is 1.96. The number of rotatable bonds is 1. The van der Waals surface area contributed by atoms with Crippen LogP contribution in [-0.4, -0.2) is 28.7 Å². The lowest BCUT2D eigenvalue weighted by atomic mass is 9.78. The molecule has 2 aliphatic heterocycles. The summed E-state index contributed by atoms with van der Waals surface area (Å²) in [4.78, 5) is 2.56. The summed E-state index contributed by atoms with van der Waals surface area (Å²) in [5.41, 5.74) is 3.84. The number of aliphatic hydroxyl groups is 1. The quantitative estimate of drug-likeness (QED) is 0.822. The van der Waals surface area contributed by atoms with Crippen LogP contribution in [0, 0.1) is 6.92 Å². The lowest BCUT2D eigenvalue weighted by Gasteiger charge is -2.47. The van der Waals surface area contributed by atoms with E-state index in [-0.39, 0.29) is 0 Å². The molecular formula is C16H23NO. The van der Waals surface area contributed by atoms with E-state index in [1.165, 1.54) is 16.7 Å². The molecule has 2 atom stereocenters. The molecule has 98 valence electrons. The summed E-state index contributed by atoms with van der Waals surface area (Å²) in [5, 5.41) is 10.6. The first kappa shape index (κ1) is 12.2. The summed E-state index contributed by atoms with van der Waals surface area (Å²) in [5.74, 6) is 0. The second kappa shape index (κ2) is 4.36. The number of piperidine rings is 1. The van der Waals surface area contributed by atoms with Gasteiger partial charge in [0.05, 0.1) is 5.60 Å². The summed E-state index contributed by atoms with van der Waals surface area (Å²) < 4.78 is 0. The van der Waals surface area contributed by atoms with Crippen molar-refractivity contribution in [1.29, 1.82) is 0 Å². The van der Waals surface area contributed by atoms with E-state index in [0.29, 0.717) is 6.04 Å². The molecule has 0 aromatic heterocycles. The van der Waals surface area contributed by atoms with Gasteiger partial charge in [0, 0.05) is 19.1 Å². The van der Waals surface area contributed by atoms with Crippen LogP contribution in [0.25, 0.3) is 0 Å². The minimum atomic E-state index is -0.445. The van der Waals surface area contributed by atoms with E-state index < -0.39 is 5.60 Å². The van der Waals surface area contributed by atoms with Crippen LogP contribution in [0.3, 0.4) is 0 Å². The molecule has 1 N–H and O–H groups in total. The molecule has 0 unspecified atom stereocenters. The van der Waals surface area contributed by atoms with E-state index in [1.807, 2.05) is 0 Å². The van der Waals surface area contributed by atoms with Crippen LogP contribution in [0.1, 0.15) is 48.9 Å². The molecule has 1 aromatic carbocycles. The van der Waals surface area contributed by atoms with Gasteiger partial charge in [0.25, 0.3) is 0 Å². The van der Waals surface area contributed by atoms with Crippen molar-refractivity contribution in [3.8, 4) is 0 Å². The van der Waals surface area contributed by atoms with Crippen LogP contribution in [0.15, 0.2) is 18.2 Å². The van der Waals surface area contributed by atoms with Crippen molar-refractivity contribution in [3.05, 3.63) is 34.9 Å². The molecular weight excluding hydrogens is 222 g/mol. The number of hydrogen-bond donors (Lipinski definition) is 1. The van der Waals surface area contributed by atoms with Crippen molar-refractivity contribution in [2.75, 3.05) is 13.1 Å². The van der Waals surface area contributed by atoms with Gasteiger partial charge >= 0.3 is 0 Å². The SMILES string of the molecule is CC[C@@]1(O)CCN2CCc3ccc(C)cc3[C@H]2C1. The zero-order valence-electron chi connectivity index (χ0n) is 11.4. The molecule has 0 amide bonds. The van der Waals surface area contributed by atoms with Crippen LogP contribution >= 0.6 is 0 Å². The molecule has 0 bridgehead atoms. The third-order valence-corrected chi connectivity index (χ3v) is 4.87. The molecule has 2 nitrogen and oxygen atoms in total. The van der Waals surface area contributed by atoms with Crippen molar-refractivity contribution in [3.63, 3.8) is 0 Å². The van der Waals surface area contributed by atoms with Crippen molar-refractivity contribution in [1.82, 2.24) is 4.90 Å². The largest absolute Gasteiger partial charge is 0.390 e. The molecule has 0 radical (unpaired) electrons. The molecule has 2 heteroatoms. The minimum absolute atomic E-state index is 0.437. The first-order chi connectivity index (χ1) is 8.61. The highest BCUT2D eigenvalue weighted by Crippen LogP contribution is 2.41. The first-order valence-electron chi connectivity index (χ1n) is 7.17. The fraction of sp³-hybridized carbons (Fsp3) is 0.625. The second-order valence-electron chi connectivity index (χ2n) is 6.04. The van der Waals surface area contributed by atoms with E-state index >= 15 is 0 Å². The molecule has 0 saturated carbocycles. The number of hydrogen-bond acceptors (Lipinski definition) is 2. The van der Waals surface area contributed by atoms with Crippen molar-refractivity contribution >= 4 is 0 Å². The maximum absolute atomic E-state index is 10.6. The third-order valence-electron chi connectivity index (χ3n) is 4.87. The highest BCUT2D eigenvalue weighted by molar-refractivity contribution is 5.36. The lowest BCUT2D eigenvalue weighted by molar-refractivity contribution is -0.0529. The Hall–Kier alpha value is -0.860. The summed E-state index contributed by atoms with van der Waals surface area (Å²) in [7, 11) is 0. The zero-order valence-corrected chi connectivity index (χ0v) is 11.4. The molecule has 0 aliphatic carbocycles. The number of benzene rings is 1. The Morgan fingerprint density at radius 2 is 2.22 bits per heavy atom. The average molecular weight is 245 g/mol. The number of nitrogens with zero attached hydrogens (tertiary/aromatic N) is 1. The van der Waals surface area contributed by atoms with Gasteiger partial charge in [0.15, 0.2) is 0 Å². The molecule has 2 aliphatic rings. The maximum atomic E-state index is 10.6. The van der Waals surface area contributed by atoms with Gasteiger partial charge in [-0.05, 0) is 43.7 Å². The topological polar surface area (TPSA) is 23.5 Å². The lowest BCUT2D eigenvalue weighted by Crippen LogP contribution is -2.48. The Kier molecular flexibility index (Phi) is 2.95. The zero-order chi connectivity index (χ0) is 12.8. The van der Waals surface area contributed by atoms with Gasteiger partial charge in [-0.15, -0.1) is 0 Å². The van der Waals surface area contributed by atoms with E-state index in [2.05, 4.69) is 36.9 Å². The monoisotopic (exact) mass is 245 g/mol. The van der Waals surface area contributed by atoms with Gasteiger partial charge < -0.3 is 5.11 Å². The molecule has 1 fully saturated rings. The van der Waals surface area contributed by atoms with Gasteiger partial charge in [0.1, 0.15) is 0 Å². The molecule has 3 rings (SSSR count). The smallest absolute Gasteiger partial charge is 0.0675 e. The van der Waals surface area contributed by atoms with Crippen LogP contribution in [0.4, 0.5) is 0 Å². The first-order valence-corrected chi connectivity index (χ1v) is 7.17. The summed E-state index contributed by atoms with van der Waals surface area (Å²) in [6.07, 6.45) is 3.87. The molecule has 2 heterocycles. The van der Waals surface area contributed by atoms with Crippen molar-refractivity contribution in [2.45, 2.75) is 51.2 Å². The normalized spacial score (nSPS) is 31.8. The van der Waals surface area contributed by atoms with Crippen LogP contribution in [-0.2, 0) is 6.42 Å². The van der Waals surface area contributed by atoms with E-state index in [9.17, 15) is 5.11 Å². The number of aryl methyl sites for hydroxylation is 1. The van der Waals surface area contributed by atoms with E-state index in [4.69, 9.17) is 0 Å². The van der Waals surface area contributed by atoms with Crippen LogP contribution in [0.2, 0.25) is 0 Å². The summed E-state index contributed by atoms with van der Waals surface area (Å²) >= 11 is 0. The van der Waals surface area contributed by atoms with Crippen LogP contribution in [0.5, 0.6) is 0 Å². The molecule has 1 saturated heterocycles. The van der Waals surface area contributed by atoms with Crippen molar-refractivity contribution in [2.24, 2.45) is 0 Å². The van der Waals surface area contributed by atoms with Gasteiger partial charge in [-0.3, -0.25) is 4.90 Å². The second-order valence-corrected chi connectivity index (χ2v) is 6.04. The van der Waals surface area contributed by atoms with E-state index in [0.717, 1.165) is 38.8 Å². The highest BCUT2D eigenvalue weighted by atomic mass is 16.3. The van der Waals surface area contributed by atoms with Crippen LogP contribution < -0.4 is 0 Å². The predicted octanol–water partition coefficient (Wildman–Crippen LogP) is 2.83. The predicted molar refractivity (Wildman–Crippen MR) is 73.7 cm³/mol. The highest BCUT2D eigenvalue weighted by Gasteiger charge is 2.39. The Bertz CT molecular complexity index is 456. The van der Waals surface area contributed by atoms with Gasteiger partial charge in [-0.2, -0.15) is 0 Å². The third kappa shape index (κ3) is 1.98. The van der Waals surface area contributed by atoms with E-state index in [1.54, 1.807) is 0 Å². The van der Waals surface area contributed by atoms with Gasteiger partial charge in [0.2, 0.25) is 0 Å². The molecule has 18 heavy (non-hydrogen) atoms.